The molecule has 0 aromatic heterocycles. The summed E-state index contributed by atoms with van der Waals surface area (Å²) in [4.78, 5) is 0. The van der Waals surface area contributed by atoms with Gasteiger partial charge in [0.2, 0.25) is 0 Å². The number of rotatable bonds is 6. The van der Waals surface area contributed by atoms with Crippen molar-refractivity contribution in [1.29, 1.82) is 0 Å². The Balaban J connectivity index is 2.14. The Bertz CT molecular complexity index is 421. The second kappa shape index (κ2) is 8.28. The maximum absolute atomic E-state index is 13.7. The van der Waals surface area contributed by atoms with E-state index in [2.05, 4.69) is 41.2 Å². The molecule has 0 aliphatic heterocycles. The second-order valence-corrected chi connectivity index (χ2v) is 7.24. The summed E-state index contributed by atoms with van der Waals surface area (Å²) in [6, 6.07) is 5.59. The van der Waals surface area contributed by atoms with Crippen molar-refractivity contribution in [2.45, 2.75) is 58.4 Å². The first-order valence-electron chi connectivity index (χ1n) is 8.33. The SMILES string of the molecule is CCCNC(c1cc(F)cc(Br)c1)C1CCC(CC)CC1. The standard InChI is InChI=1S/C18H27BrFN/c1-3-9-21-18(14-7-5-13(4-2)6-8-14)15-10-16(19)12-17(20)11-15/h10-14,18,21H,3-9H2,1-2H3. The smallest absolute Gasteiger partial charge is 0.124 e. The highest BCUT2D eigenvalue weighted by Gasteiger charge is 2.28. The molecule has 21 heavy (non-hydrogen) atoms. The fraction of sp³-hybridized carbons (Fsp3) is 0.667. The Morgan fingerprint density at radius 2 is 1.90 bits per heavy atom. The summed E-state index contributed by atoms with van der Waals surface area (Å²) in [7, 11) is 0. The Morgan fingerprint density at radius 3 is 2.48 bits per heavy atom. The van der Waals surface area contributed by atoms with E-state index in [-0.39, 0.29) is 11.9 Å². The average molecular weight is 356 g/mol. The monoisotopic (exact) mass is 355 g/mol. The van der Waals surface area contributed by atoms with Crippen molar-refractivity contribution >= 4 is 15.9 Å². The first-order valence-corrected chi connectivity index (χ1v) is 9.12. The van der Waals surface area contributed by atoms with Gasteiger partial charge >= 0.3 is 0 Å². The predicted molar refractivity (Wildman–Crippen MR) is 90.9 cm³/mol. The minimum absolute atomic E-state index is 0.148. The van der Waals surface area contributed by atoms with E-state index in [9.17, 15) is 4.39 Å². The van der Waals surface area contributed by atoms with Crippen LogP contribution in [0.2, 0.25) is 0 Å². The van der Waals surface area contributed by atoms with Crippen LogP contribution in [-0.2, 0) is 0 Å². The van der Waals surface area contributed by atoms with Crippen molar-refractivity contribution in [3.8, 4) is 0 Å². The Kier molecular flexibility index (Phi) is 6.69. The molecule has 1 saturated carbocycles. The highest BCUT2D eigenvalue weighted by molar-refractivity contribution is 9.10. The fourth-order valence-electron chi connectivity index (χ4n) is 3.54. The van der Waals surface area contributed by atoms with Gasteiger partial charge in [-0.2, -0.15) is 0 Å². The van der Waals surface area contributed by atoms with Gasteiger partial charge in [-0.3, -0.25) is 0 Å². The molecule has 1 aromatic carbocycles. The average Bonchev–Trinajstić information content (AvgIpc) is 2.47. The highest BCUT2D eigenvalue weighted by Crippen LogP contribution is 2.38. The molecule has 0 saturated heterocycles. The van der Waals surface area contributed by atoms with Crippen LogP contribution in [0.1, 0.15) is 64.0 Å². The minimum atomic E-state index is -0.148. The lowest BCUT2D eigenvalue weighted by atomic mass is 9.76. The molecule has 1 aromatic rings. The van der Waals surface area contributed by atoms with E-state index in [1.807, 2.05) is 0 Å². The third-order valence-electron chi connectivity index (χ3n) is 4.80. The summed E-state index contributed by atoms with van der Waals surface area (Å²) in [5, 5.41) is 3.66. The van der Waals surface area contributed by atoms with Gasteiger partial charge in [0.05, 0.1) is 0 Å². The molecule has 1 aliphatic rings. The first kappa shape index (κ1) is 17.0. The number of benzene rings is 1. The summed E-state index contributed by atoms with van der Waals surface area (Å²) >= 11 is 3.43. The molecule has 1 fully saturated rings. The molecule has 0 radical (unpaired) electrons. The molecule has 2 rings (SSSR count). The van der Waals surface area contributed by atoms with E-state index in [4.69, 9.17) is 0 Å². The van der Waals surface area contributed by atoms with E-state index < -0.39 is 0 Å². The van der Waals surface area contributed by atoms with E-state index >= 15 is 0 Å². The van der Waals surface area contributed by atoms with Gasteiger partial charge in [-0.1, -0.05) is 49.0 Å². The van der Waals surface area contributed by atoms with Crippen molar-refractivity contribution in [3.63, 3.8) is 0 Å². The van der Waals surface area contributed by atoms with Crippen LogP contribution >= 0.6 is 15.9 Å². The Morgan fingerprint density at radius 1 is 1.19 bits per heavy atom. The van der Waals surface area contributed by atoms with Gasteiger partial charge in [-0.25, -0.2) is 4.39 Å². The van der Waals surface area contributed by atoms with E-state index in [1.165, 1.54) is 38.2 Å². The zero-order valence-corrected chi connectivity index (χ0v) is 14.8. The lowest BCUT2D eigenvalue weighted by Gasteiger charge is -2.34. The third kappa shape index (κ3) is 4.79. The second-order valence-electron chi connectivity index (χ2n) is 6.32. The van der Waals surface area contributed by atoms with E-state index in [1.54, 1.807) is 6.07 Å². The summed E-state index contributed by atoms with van der Waals surface area (Å²) in [6.45, 7) is 5.47. The van der Waals surface area contributed by atoms with Crippen LogP contribution in [-0.4, -0.2) is 6.54 Å². The van der Waals surface area contributed by atoms with E-state index in [0.29, 0.717) is 5.92 Å². The zero-order valence-electron chi connectivity index (χ0n) is 13.2. The molecule has 1 atom stereocenters. The quantitative estimate of drug-likeness (QED) is 0.675. The number of nitrogens with one attached hydrogen (secondary N) is 1. The summed E-state index contributed by atoms with van der Waals surface area (Å²) < 4.78 is 14.6. The lowest BCUT2D eigenvalue weighted by Crippen LogP contribution is -2.31. The van der Waals surface area contributed by atoms with Crippen LogP contribution in [0.4, 0.5) is 4.39 Å². The van der Waals surface area contributed by atoms with Gasteiger partial charge < -0.3 is 5.32 Å². The fourth-order valence-corrected chi connectivity index (χ4v) is 4.02. The van der Waals surface area contributed by atoms with Crippen LogP contribution in [0.15, 0.2) is 22.7 Å². The van der Waals surface area contributed by atoms with Crippen molar-refractivity contribution in [3.05, 3.63) is 34.1 Å². The third-order valence-corrected chi connectivity index (χ3v) is 5.26. The van der Waals surface area contributed by atoms with Gasteiger partial charge in [0, 0.05) is 10.5 Å². The largest absolute Gasteiger partial charge is 0.310 e. The molecule has 1 unspecified atom stereocenters. The molecule has 3 heteroatoms. The van der Waals surface area contributed by atoms with E-state index in [0.717, 1.165) is 28.9 Å². The topological polar surface area (TPSA) is 12.0 Å². The maximum Gasteiger partial charge on any atom is 0.124 e. The van der Waals surface area contributed by atoms with Crippen molar-refractivity contribution in [2.24, 2.45) is 11.8 Å². The predicted octanol–water partition coefficient (Wildman–Crippen LogP) is 5.85. The summed E-state index contributed by atoms with van der Waals surface area (Å²) in [5.41, 5.74) is 1.09. The first-order chi connectivity index (χ1) is 10.1. The lowest BCUT2D eigenvalue weighted by molar-refractivity contribution is 0.218. The van der Waals surface area contributed by atoms with Gasteiger partial charge in [-0.05, 0) is 61.4 Å². The molecule has 0 heterocycles. The van der Waals surface area contributed by atoms with Crippen molar-refractivity contribution in [2.75, 3.05) is 6.54 Å². The molecule has 1 nitrogen and oxygen atoms in total. The molecule has 118 valence electrons. The Labute approximate surface area is 136 Å². The van der Waals surface area contributed by atoms with Crippen LogP contribution < -0.4 is 5.32 Å². The highest BCUT2D eigenvalue weighted by atomic mass is 79.9. The van der Waals surface area contributed by atoms with Crippen molar-refractivity contribution < 1.29 is 4.39 Å². The van der Waals surface area contributed by atoms with Crippen molar-refractivity contribution in [1.82, 2.24) is 5.32 Å². The number of halogens is 2. The molecule has 1 N–H and O–H groups in total. The molecular formula is C18H27BrFN. The molecule has 0 bridgehead atoms. The van der Waals surface area contributed by atoms with Crippen LogP contribution in [0.5, 0.6) is 0 Å². The molecule has 1 aliphatic carbocycles. The van der Waals surface area contributed by atoms with Crippen LogP contribution in [0.3, 0.4) is 0 Å². The van der Waals surface area contributed by atoms with Gasteiger partial charge in [0.1, 0.15) is 5.82 Å². The summed E-state index contributed by atoms with van der Waals surface area (Å²) in [5.74, 6) is 1.38. The van der Waals surface area contributed by atoms with Crippen LogP contribution in [0, 0.1) is 17.7 Å². The molecular weight excluding hydrogens is 329 g/mol. The summed E-state index contributed by atoms with van der Waals surface area (Å²) in [6.07, 6.45) is 7.56. The molecule has 0 amide bonds. The zero-order chi connectivity index (χ0) is 15.2. The number of hydrogen-bond acceptors (Lipinski definition) is 1. The number of hydrogen-bond donors (Lipinski definition) is 1. The van der Waals surface area contributed by atoms with Gasteiger partial charge in [-0.15, -0.1) is 0 Å². The maximum atomic E-state index is 13.7. The minimum Gasteiger partial charge on any atom is -0.310 e. The normalized spacial score (nSPS) is 24.0. The Hall–Kier alpha value is -0.410. The molecule has 0 spiro atoms. The van der Waals surface area contributed by atoms with Gasteiger partial charge in [0.25, 0.3) is 0 Å². The van der Waals surface area contributed by atoms with Crippen LogP contribution in [0.25, 0.3) is 0 Å². The van der Waals surface area contributed by atoms with Gasteiger partial charge in [0.15, 0.2) is 0 Å².